The van der Waals surface area contributed by atoms with Crippen molar-refractivity contribution >= 4 is 39.0 Å². The van der Waals surface area contributed by atoms with Crippen LogP contribution in [-0.4, -0.2) is 26.5 Å². The SMILES string of the molecule is N#Cc1ncc(Oc2ccc(CCNc3ncnc4scc(Cl)c34)cc2)cn1. The van der Waals surface area contributed by atoms with Crippen molar-refractivity contribution in [2.24, 2.45) is 0 Å². The Balaban J connectivity index is 1.35. The number of anilines is 1. The van der Waals surface area contributed by atoms with Crippen LogP contribution in [0.25, 0.3) is 10.2 Å². The lowest BCUT2D eigenvalue weighted by Gasteiger charge is -2.08. The largest absolute Gasteiger partial charge is 0.454 e. The number of ether oxygens (including phenoxy) is 1. The van der Waals surface area contributed by atoms with Gasteiger partial charge in [0.2, 0.25) is 5.82 Å². The van der Waals surface area contributed by atoms with Crippen molar-refractivity contribution in [3.63, 3.8) is 0 Å². The lowest BCUT2D eigenvalue weighted by molar-refractivity contribution is 0.477. The molecule has 1 N–H and O–H groups in total. The maximum absolute atomic E-state index is 8.71. The number of nitriles is 1. The maximum Gasteiger partial charge on any atom is 0.232 e. The second-order valence-corrected chi connectivity index (χ2v) is 7.03. The van der Waals surface area contributed by atoms with Gasteiger partial charge in [-0.1, -0.05) is 23.7 Å². The molecule has 0 amide bonds. The quantitative estimate of drug-likeness (QED) is 0.503. The number of fused-ring (bicyclic) bond motifs is 1. The summed E-state index contributed by atoms with van der Waals surface area (Å²) in [6, 6.07) is 9.62. The first-order valence-electron chi connectivity index (χ1n) is 8.33. The number of benzene rings is 1. The molecule has 0 spiro atoms. The molecule has 3 heterocycles. The monoisotopic (exact) mass is 408 g/mol. The van der Waals surface area contributed by atoms with Gasteiger partial charge in [-0.15, -0.1) is 11.3 Å². The average molecular weight is 409 g/mol. The van der Waals surface area contributed by atoms with Crippen LogP contribution in [0.3, 0.4) is 0 Å². The molecule has 138 valence electrons. The van der Waals surface area contributed by atoms with Crippen molar-refractivity contribution in [3.05, 3.63) is 64.8 Å². The molecule has 0 saturated carbocycles. The molecular formula is C19H13ClN6OS. The van der Waals surface area contributed by atoms with Gasteiger partial charge in [0, 0.05) is 11.9 Å². The molecule has 4 rings (SSSR count). The van der Waals surface area contributed by atoms with Gasteiger partial charge in [-0.05, 0) is 24.1 Å². The highest BCUT2D eigenvalue weighted by molar-refractivity contribution is 7.17. The normalized spacial score (nSPS) is 10.6. The standard InChI is InChI=1S/C19H13ClN6OS/c20-15-10-28-19-17(15)18(25-11-26-19)22-6-5-12-1-3-13(4-2-12)27-14-8-23-16(7-21)24-9-14/h1-4,8-11H,5-6H2,(H,22,25,26). The van der Waals surface area contributed by atoms with Crippen LogP contribution in [0, 0.1) is 11.3 Å². The Bertz CT molecular complexity index is 1140. The molecule has 0 unspecified atom stereocenters. The third-order valence-corrected chi connectivity index (χ3v) is 5.23. The fourth-order valence-electron chi connectivity index (χ4n) is 2.59. The van der Waals surface area contributed by atoms with Crippen LogP contribution >= 0.6 is 22.9 Å². The predicted octanol–water partition coefficient (Wildman–Crippen LogP) is 4.45. The van der Waals surface area contributed by atoms with E-state index in [4.69, 9.17) is 21.6 Å². The van der Waals surface area contributed by atoms with Crippen molar-refractivity contribution < 1.29 is 4.74 Å². The number of rotatable bonds is 6. The van der Waals surface area contributed by atoms with E-state index in [9.17, 15) is 0 Å². The fourth-order valence-corrected chi connectivity index (χ4v) is 3.72. The van der Waals surface area contributed by atoms with Crippen molar-refractivity contribution in [1.82, 2.24) is 19.9 Å². The summed E-state index contributed by atoms with van der Waals surface area (Å²) in [4.78, 5) is 17.1. The van der Waals surface area contributed by atoms with Crippen LogP contribution in [0.1, 0.15) is 11.4 Å². The lowest BCUT2D eigenvalue weighted by atomic mass is 10.1. The van der Waals surface area contributed by atoms with Crippen LogP contribution < -0.4 is 10.1 Å². The molecule has 1 aromatic carbocycles. The van der Waals surface area contributed by atoms with Crippen LogP contribution in [0.15, 0.2) is 48.4 Å². The van der Waals surface area contributed by atoms with Crippen LogP contribution in [0.5, 0.6) is 11.5 Å². The lowest BCUT2D eigenvalue weighted by Crippen LogP contribution is -2.06. The second-order valence-electron chi connectivity index (χ2n) is 5.76. The molecule has 0 atom stereocenters. The first-order chi connectivity index (χ1) is 13.7. The Morgan fingerprint density at radius 1 is 1.07 bits per heavy atom. The minimum Gasteiger partial charge on any atom is -0.454 e. The molecule has 7 nitrogen and oxygen atoms in total. The number of nitrogens with zero attached hydrogens (tertiary/aromatic N) is 5. The minimum absolute atomic E-state index is 0.111. The molecule has 0 aliphatic heterocycles. The first kappa shape index (κ1) is 18.1. The van der Waals surface area contributed by atoms with Gasteiger partial charge in [-0.3, -0.25) is 0 Å². The van der Waals surface area contributed by atoms with E-state index >= 15 is 0 Å². The van der Waals surface area contributed by atoms with Crippen LogP contribution in [-0.2, 0) is 6.42 Å². The zero-order valence-electron chi connectivity index (χ0n) is 14.5. The first-order valence-corrected chi connectivity index (χ1v) is 9.59. The van der Waals surface area contributed by atoms with E-state index in [0.29, 0.717) is 23.1 Å². The highest BCUT2D eigenvalue weighted by atomic mass is 35.5. The summed E-state index contributed by atoms with van der Waals surface area (Å²) in [6.45, 7) is 0.710. The van der Waals surface area contributed by atoms with E-state index in [1.165, 1.54) is 30.1 Å². The van der Waals surface area contributed by atoms with Crippen molar-refractivity contribution in [1.29, 1.82) is 5.26 Å². The number of hydrogen-bond acceptors (Lipinski definition) is 8. The zero-order valence-corrected chi connectivity index (χ0v) is 16.0. The molecule has 9 heteroatoms. The van der Waals surface area contributed by atoms with Crippen molar-refractivity contribution in [2.45, 2.75) is 6.42 Å². The zero-order chi connectivity index (χ0) is 19.3. The van der Waals surface area contributed by atoms with Gasteiger partial charge in [0.1, 0.15) is 28.8 Å². The molecule has 0 radical (unpaired) electrons. The second kappa shape index (κ2) is 8.17. The molecule has 0 bridgehead atoms. The maximum atomic E-state index is 8.71. The van der Waals surface area contributed by atoms with E-state index in [2.05, 4.69) is 25.3 Å². The molecule has 0 fully saturated rings. The number of halogens is 1. The van der Waals surface area contributed by atoms with E-state index in [1.54, 1.807) is 0 Å². The van der Waals surface area contributed by atoms with E-state index in [-0.39, 0.29) is 5.82 Å². The average Bonchev–Trinajstić information content (AvgIpc) is 3.12. The van der Waals surface area contributed by atoms with Gasteiger partial charge >= 0.3 is 0 Å². The van der Waals surface area contributed by atoms with Crippen molar-refractivity contribution in [2.75, 3.05) is 11.9 Å². The number of nitrogens with one attached hydrogen (secondary N) is 1. The molecule has 28 heavy (non-hydrogen) atoms. The van der Waals surface area contributed by atoms with Gasteiger partial charge in [-0.25, -0.2) is 19.9 Å². The van der Waals surface area contributed by atoms with Gasteiger partial charge in [0.05, 0.1) is 22.8 Å². The predicted molar refractivity (Wildman–Crippen MR) is 108 cm³/mol. The molecule has 3 aromatic heterocycles. The van der Waals surface area contributed by atoms with Gasteiger partial charge in [-0.2, -0.15) is 5.26 Å². The van der Waals surface area contributed by atoms with Crippen molar-refractivity contribution in [3.8, 4) is 17.6 Å². The highest BCUT2D eigenvalue weighted by Gasteiger charge is 2.09. The molecule has 0 aliphatic rings. The summed E-state index contributed by atoms with van der Waals surface area (Å²) in [6.07, 6.45) is 5.30. The molecule has 0 saturated heterocycles. The third kappa shape index (κ3) is 4.01. The molecule has 4 aromatic rings. The van der Waals surface area contributed by atoms with E-state index in [0.717, 1.165) is 28.0 Å². The number of hydrogen-bond donors (Lipinski definition) is 1. The minimum atomic E-state index is 0.111. The van der Waals surface area contributed by atoms with E-state index < -0.39 is 0 Å². The van der Waals surface area contributed by atoms with Gasteiger partial charge < -0.3 is 10.1 Å². The Kier molecular flexibility index (Phi) is 5.28. The summed E-state index contributed by atoms with van der Waals surface area (Å²) in [5.41, 5.74) is 1.15. The smallest absolute Gasteiger partial charge is 0.232 e. The van der Waals surface area contributed by atoms with Gasteiger partial charge in [0.25, 0.3) is 0 Å². The Labute approximate surface area is 169 Å². The number of thiophene rings is 1. The number of aromatic nitrogens is 4. The molecular weight excluding hydrogens is 396 g/mol. The summed E-state index contributed by atoms with van der Waals surface area (Å²) in [7, 11) is 0. The Morgan fingerprint density at radius 2 is 1.86 bits per heavy atom. The summed E-state index contributed by atoms with van der Waals surface area (Å²) >= 11 is 7.73. The summed E-state index contributed by atoms with van der Waals surface area (Å²) < 4.78 is 5.68. The Hall–Kier alpha value is -3.28. The topological polar surface area (TPSA) is 96.6 Å². The van der Waals surface area contributed by atoms with E-state index in [1.807, 2.05) is 35.7 Å². The fraction of sp³-hybridized carbons (Fsp3) is 0.105. The molecule has 0 aliphatic carbocycles. The summed E-state index contributed by atoms with van der Waals surface area (Å²) in [5, 5.41) is 15.4. The highest BCUT2D eigenvalue weighted by Crippen LogP contribution is 2.32. The van der Waals surface area contributed by atoms with Crippen LogP contribution in [0.2, 0.25) is 5.02 Å². The Morgan fingerprint density at radius 3 is 2.61 bits per heavy atom. The summed E-state index contributed by atoms with van der Waals surface area (Å²) in [5.74, 6) is 2.01. The van der Waals surface area contributed by atoms with Gasteiger partial charge in [0.15, 0.2) is 5.75 Å². The van der Waals surface area contributed by atoms with Crippen LogP contribution in [0.4, 0.5) is 5.82 Å². The third-order valence-electron chi connectivity index (χ3n) is 3.92.